The molecule has 21 heavy (non-hydrogen) atoms. The van der Waals surface area contributed by atoms with Gasteiger partial charge in [-0.25, -0.2) is 4.98 Å². The second-order valence-corrected chi connectivity index (χ2v) is 7.03. The zero-order chi connectivity index (χ0) is 14.9. The van der Waals surface area contributed by atoms with E-state index < -0.39 is 0 Å². The van der Waals surface area contributed by atoms with Crippen LogP contribution in [0.1, 0.15) is 64.1 Å². The van der Waals surface area contributed by atoms with Gasteiger partial charge in [0.25, 0.3) is 0 Å². The van der Waals surface area contributed by atoms with Crippen molar-refractivity contribution < 1.29 is 0 Å². The van der Waals surface area contributed by atoms with Crippen LogP contribution in [0.3, 0.4) is 0 Å². The quantitative estimate of drug-likeness (QED) is 0.925. The van der Waals surface area contributed by atoms with Crippen LogP contribution in [0, 0.1) is 0 Å². The van der Waals surface area contributed by atoms with Gasteiger partial charge in [-0.3, -0.25) is 0 Å². The number of nitrogens with zero attached hydrogens (tertiary/aromatic N) is 3. The summed E-state index contributed by atoms with van der Waals surface area (Å²) in [5, 5.41) is 3.48. The molecule has 1 saturated carbocycles. The number of nitrogens with one attached hydrogen (secondary N) is 1. The summed E-state index contributed by atoms with van der Waals surface area (Å²) in [5.41, 5.74) is 1.55. The highest BCUT2D eigenvalue weighted by Crippen LogP contribution is 2.34. The maximum Gasteiger partial charge on any atom is 0.205 e. The van der Waals surface area contributed by atoms with E-state index in [1.54, 1.807) is 0 Å². The molecule has 0 amide bonds. The summed E-state index contributed by atoms with van der Waals surface area (Å²) >= 11 is 0. The van der Waals surface area contributed by atoms with Gasteiger partial charge >= 0.3 is 0 Å². The van der Waals surface area contributed by atoms with Gasteiger partial charge in [-0.2, -0.15) is 0 Å². The summed E-state index contributed by atoms with van der Waals surface area (Å²) in [6.07, 6.45) is 11.2. The molecule has 0 radical (unpaired) electrons. The van der Waals surface area contributed by atoms with Gasteiger partial charge < -0.3 is 14.8 Å². The number of hydrogen-bond acceptors (Lipinski definition) is 3. The molecule has 0 unspecified atom stereocenters. The fraction of sp³-hybridized carbons (Fsp3) is 0.824. The standard InChI is InChI=1S/C17H30N4/c1-4-14-13-21(15-7-5-6-8-15)16(19-14)20-11-9-17(2,18-3)10-12-20/h13,15,18H,4-12H2,1-3H3. The van der Waals surface area contributed by atoms with Crippen LogP contribution < -0.4 is 10.2 Å². The van der Waals surface area contributed by atoms with E-state index in [0.717, 1.165) is 19.5 Å². The van der Waals surface area contributed by atoms with E-state index in [0.29, 0.717) is 11.6 Å². The zero-order valence-electron chi connectivity index (χ0n) is 13.9. The Balaban J connectivity index is 1.79. The number of anilines is 1. The Kier molecular flexibility index (Phi) is 4.25. The fourth-order valence-corrected chi connectivity index (χ4v) is 3.74. The van der Waals surface area contributed by atoms with Gasteiger partial charge in [0.2, 0.25) is 5.95 Å². The molecule has 0 atom stereocenters. The predicted molar refractivity (Wildman–Crippen MR) is 88.0 cm³/mol. The number of aromatic nitrogens is 2. The third-order valence-corrected chi connectivity index (χ3v) is 5.60. The molecule has 0 spiro atoms. The highest BCUT2D eigenvalue weighted by molar-refractivity contribution is 5.36. The van der Waals surface area contributed by atoms with Crippen molar-refractivity contribution in [2.75, 3.05) is 25.0 Å². The van der Waals surface area contributed by atoms with Crippen molar-refractivity contribution in [3.63, 3.8) is 0 Å². The minimum absolute atomic E-state index is 0.300. The molecule has 2 aliphatic rings. The van der Waals surface area contributed by atoms with Gasteiger partial charge in [-0.1, -0.05) is 19.8 Å². The maximum atomic E-state index is 4.94. The summed E-state index contributed by atoms with van der Waals surface area (Å²) in [7, 11) is 2.09. The lowest BCUT2D eigenvalue weighted by atomic mass is 9.90. The predicted octanol–water partition coefficient (Wildman–Crippen LogP) is 3.14. The molecule has 1 aromatic rings. The smallest absolute Gasteiger partial charge is 0.205 e. The van der Waals surface area contributed by atoms with Crippen molar-refractivity contribution in [1.82, 2.24) is 14.9 Å². The van der Waals surface area contributed by atoms with Gasteiger partial charge in [0, 0.05) is 30.9 Å². The highest BCUT2D eigenvalue weighted by atomic mass is 15.3. The molecule has 1 aliphatic heterocycles. The first-order valence-corrected chi connectivity index (χ1v) is 8.67. The van der Waals surface area contributed by atoms with Gasteiger partial charge in [-0.05, 0) is 46.1 Å². The van der Waals surface area contributed by atoms with E-state index in [4.69, 9.17) is 4.98 Å². The average molecular weight is 290 g/mol. The molecule has 0 bridgehead atoms. The van der Waals surface area contributed by atoms with Crippen LogP contribution in [0.2, 0.25) is 0 Å². The minimum atomic E-state index is 0.300. The van der Waals surface area contributed by atoms with E-state index in [1.165, 1.54) is 50.2 Å². The molecule has 3 rings (SSSR count). The second-order valence-electron chi connectivity index (χ2n) is 7.03. The monoisotopic (exact) mass is 290 g/mol. The Morgan fingerprint density at radius 2 is 1.95 bits per heavy atom. The first kappa shape index (κ1) is 14.9. The molecule has 4 nitrogen and oxygen atoms in total. The summed E-state index contributed by atoms with van der Waals surface area (Å²) < 4.78 is 2.49. The minimum Gasteiger partial charge on any atom is -0.342 e. The Hall–Kier alpha value is -1.03. The lowest BCUT2D eigenvalue weighted by molar-refractivity contribution is 0.301. The van der Waals surface area contributed by atoms with Crippen LogP contribution in [-0.4, -0.2) is 35.2 Å². The molecule has 0 aromatic carbocycles. The third-order valence-electron chi connectivity index (χ3n) is 5.60. The highest BCUT2D eigenvalue weighted by Gasteiger charge is 2.31. The molecule has 1 saturated heterocycles. The van der Waals surface area contributed by atoms with Gasteiger partial charge in [0.05, 0.1) is 5.69 Å². The molecule has 4 heteroatoms. The Morgan fingerprint density at radius 3 is 2.52 bits per heavy atom. The van der Waals surface area contributed by atoms with E-state index in [2.05, 4.69) is 41.9 Å². The number of imidazole rings is 1. The molecular formula is C17H30N4. The van der Waals surface area contributed by atoms with Crippen molar-refractivity contribution in [2.24, 2.45) is 0 Å². The van der Waals surface area contributed by atoms with Crippen LogP contribution >= 0.6 is 0 Å². The van der Waals surface area contributed by atoms with Gasteiger partial charge in [0.15, 0.2) is 0 Å². The Bertz CT molecular complexity index is 465. The van der Waals surface area contributed by atoms with E-state index in [-0.39, 0.29) is 0 Å². The molecule has 1 aromatic heterocycles. The summed E-state index contributed by atoms with van der Waals surface area (Å²) in [4.78, 5) is 7.45. The van der Waals surface area contributed by atoms with E-state index >= 15 is 0 Å². The van der Waals surface area contributed by atoms with Crippen molar-refractivity contribution >= 4 is 5.95 Å². The summed E-state index contributed by atoms with van der Waals surface area (Å²) in [5.74, 6) is 1.23. The van der Waals surface area contributed by atoms with Gasteiger partial charge in [-0.15, -0.1) is 0 Å². The first-order chi connectivity index (χ1) is 10.1. The lowest BCUT2D eigenvalue weighted by Crippen LogP contribution is -2.50. The van der Waals surface area contributed by atoms with Crippen molar-refractivity contribution in [1.29, 1.82) is 0 Å². The van der Waals surface area contributed by atoms with Crippen molar-refractivity contribution in [3.05, 3.63) is 11.9 Å². The lowest BCUT2D eigenvalue weighted by Gasteiger charge is -2.40. The zero-order valence-corrected chi connectivity index (χ0v) is 13.9. The Morgan fingerprint density at radius 1 is 1.29 bits per heavy atom. The maximum absolute atomic E-state index is 4.94. The summed E-state index contributed by atoms with van der Waals surface area (Å²) in [6.45, 7) is 6.78. The van der Waals surface area contributed by atoms with E-state index in [9.17, 15) is 0 Å². The van der Waals surface area contributed by atoms with Crippen molar-refractivity contribution in [2.45, 2.75) is 70.4 Å². The third kappa shape index (κ3) is 2.96. The van der Waals surface area contributed by atoms with Crippen LogP contribution in [0.25, 0.3) is 0 Å². The topological polar surface area (TPSA) is 33.1 Å². The Labute approximate surface area is 128 Å². The number of rotatable bonds is 4. The van der Waals surface area contributed by atoms with Crippen LogP contribution in [0.4, 0.5) is 5.95 Å². The molecule has 2 fully saturated rings. The first-order valence-electron chi connectivity index (χ1n) is 8.67. The number of piperidine rings is 1. The SMILES string of the molecule is CCc1cn(C2CCCC2)c(N2CCC(C)(NC)CC2)n1. The molecular weight excluding hydrogens is 260 g/mol. The number of aryl methyl sites for hydroxylation is 1. The summed E-state index contributed by atoms with van der Waals surface area (Å²) in [6, 6.07) is 0.686. The van der Waals surface area contributed by atoms with E-state index in [1.807, 2.05) is 0 Å². The number of hydrogen-bond donors (Lipinski definition) is 1. The van der Waals surface area contributed by atoms with Crippen LogP contribution in [-0.2, 0) is 6.42 Å². The van der Waals surface area contributed by atoms with Gasteiger partial charge in [0.1, 0.15) is 0 Å². The molecule has 1 aliphatic carbocycles. The van der Waals surface area contributed by atoms with Crippen LogP contribution in [0.5, 0.6) is 0 Å². The molecule has 2 heterocycles. The van der Waals surface area contributed by atoms with Crippen molar-refractivity contribution in [3.8, 4) is 0 Å². The fourth-order valence-electron chi connectivity index (χ4n) is 3.74. The normalized spacial score (nSPS) is 22.9. The average Bonchev–Trinajstić information content (AvgIpc) is 3.17. The second kappa shape index (κ2) is 5.99. The molecule has 1 N–H and O–H groups in total. The largest absolute Gasteiger partial charge is 0.342 e. The van der Waals surface area contributed by atoms with Crippen LogP contribution in [0.15, 0.2) is 6.20 Å². The molecule has 118 valence electrons.